The third-order valence-corrected chi connectivity index (χ3v) is 5.79. The zero-order valence-corrected chi connectivity index (χ0v) is 14.4. The van der Waals surface area contributed by atoms with Gasteiger partial charge in [0.25, 0.3) is 0 Å². The molecule has 2 aromatic carbocycles. The Kier molecular flexibility index (Phi) is 3.97. The van der Waals surface area contributed by atoms with E-state index < -0.39 is 0 Å². The number of rotatable bonds is 3. The van der Waals surface area contributed by atoms with Crippen LogP contribution in [0.4, 0.5) is 0 Å². The number of ether oxygens (including phenoxy) is 2. The second-order valence-electron chi connectivity index (χ2n) is 7.02. The largest absolute Gasteiger partial charge is 0.493 e. The Labute approximate surface area is 143 Å². The first kappa shape index (κ1) is 15.5. The Balaban J connectivity index is 1.87. The Morgan fingerprint density at radius 3 is 2.58 bits per heavy atom. The fraction of sp³-hybridized carbons (Fsp3) is 0.429. The third kappa shape index (κ3) is 2.39. The summed E-state index contributed by atoms with van der Waals surface area (Å²) in [5, 5.41) is 0. The quantitative estimate of drug-likeness (QED) is 0.934. The van der Waals surface area contributed by atoms with Crippen LogP contribution < -0.4 is 15.2 Å². The van der Waals surface area contributed by atoms with Crippen LogP contribution in [0.2, 0.25) is 0 Å². The van der Waals surface area contributed by atoms with Gasteiger partial charge in [-0.15, -0.1) is 0 Å². The van der Waals surface area contributed by atoms with Gasteiger partial charge in [0, 0.05) is 17.5 Å². The number of hydrogen-bond donors (Lipinski definition) is 1. The van der Waals surface area contributed by atoms with Crippen molar-refractivity contribution in [2.45, 2.75) is 43.6 Å². The predicted octanol–water partition coefficient (Wildman–Crippen LogP) is 3.79. The molecule has 3 heteroatoms. The summed E-state index contributed by atoms with van der Waals surface area (Å²) in [5.74, 6) is 2.66. The van der Waals surface area contributed by atoms with Crippen LogP contribution in [0.3, 0.4) is 0 Å². The highest BCUT2D eigenvalue weighted by atomic mass is 16.5. The summed E-state index contributed by atoms with van der Waals surface area (Å²) in [5.41, 5.74) is 12.1. The molecule has 2 aromatic rings. The molecule has 0 fully saturated rings. The minimum Gasteiger partial charge on any atom is -0.493 e. The Morgan fingerprint density at radius 2 is 1.88 bits per heavy atom. The summed E-state index contributed by atoms with van der Waals surface area (Å²) in [7, 11) is 3.46. The van der Waals surface area contributed by atoms with Gasteiger partial charge in [0.05, 0.1) is 14.2 Å². The van der Waals surface area contributed by atoms with Crippen LogP contribution in [0.1, 0.15) is 46.9 Å². The minimum atomic E-state index is 0.237. The fourth-order valence-corrected chi connectivity index (χ4v) is 4.66. The molecular weight excluding hydrogens is 298 g/mol. The zero-order chi connectivity index (χ0) is 16.7. The molecule has 2 aliphatic rings. The van der Waals surface area contributed by atoms with Crippen LogP contribution in [-0.4, -0.2) is 20.3 Å². The van der Waals surface area contributed by atoms with Crippen LogP contribution in [0, 0.1) is 0 Å². The van der Waals surface area contributed by atoms with Crippen molar-refractivity contribution in [2.24, 2.45) is 5.73 Å². The first-order valence-electron chi connectivity index (χ1n) is 8.80. The van der Waals surface area contributed by atoms with Crippen LogP contribution in [0.5, 0.6) is 11.5 Å². The summed E-state index contributed by atoms with van der Waals surface area (Å²) < 4.78 is 11.4. The SMILES string of the molecule is COc1cc2c3c(c1OC)C[C@@H](c1ccccc1)C[C@H]3[C@@H](N)CC2. The fourth-order valence-electron chi connectivity index (χ4n) is 4.66. The van der Waals surface area contributed by atoms with Gasteiger partial charge in [-0.1, -0.05) is 30.3 Å². The van der Waals surface area contributed by atoms with Gasteiger partial charge in [0.1, 0.15) is 0 Å². The molecule has 126 valence electrons. The van der Waals surface area contributed by atoms with Gasteiger partial charge in [-0.2, -0.15) is 0 Å². The second-order valence-corrected chi connectivity index (χ2v) is 7.02. The van der Waals surface area contributed by atoms with E-state index in [1.165, 1.54) is 22.3 Å². The molecule has 0 heterocycles. The summed E-state index contributed by atoms with van der Waals surface area (Å²) >= 11 is 0. The topological polar surface area (TPSA) is 44.5 Å². The van der Waals surface area contributed by atoms with Crippen molar-refractivity contribution < 1.29 is 9.47 Å². The Hall–Kier alpha value is -2.00. The van der Waals surface area contributed by atoms with E-state index >= 15 is 0 Å². The van der Waals surface area contributed by atoms with E-state index in [9.17, 15) is 0 Å². The summed E-state index contributed by atoms with van der Waals surface area (Å²) in [6.45, 7) is 0. The molecule has 0 radical (unpaired) electrons. The van der Waals surface area contributed by atoms with Crippen LogP contribution in [0.25, 0.3) is 0 Å². The highest BCUT2D eigenvalue weighted by Gasteiger charge is 2.38. The normalized spacial score (nSPS) is 25.0. The molecule has 24 heavy (non-hydrogen) atoms. The molecule has 2 N–H and O–H groups in total. The first-order valence-corrected chi connectivity index (χ1v) is 8.80. The van der Waals surface area contributed by atoms with Crippen molar-refractivity contribution in [1.82, 2.24) is 0 Å². The molecule has 3 nitrogen and oxygen atoms in total. The lowest BCUT2D eigenvalue weighted by molar-refractivity contribution is 0.334. The van der Waals surface area contributed by atoms with Crippen molar-refractivity contribution in [3.8, 4) is 11.5 Å². The first-order chi connectivity index (χ1) is 11.7. The number of methoxy groups -OCH3 is 2. The molecule has 0 bridgehead atoms. The smallest absolute Gasteiger partial charge is 0.164 e. The lowest BCUT2D eigenvalue weighted by Crippen LogP contribution is -2.37. The lowest BCUT2D eigenvalue weighted by atomic mass is 9.66. The maximum Gasteiger partial charge on any atom is 0.164 e. The second kappa shape index (κ2) is 6.14. The van der Waals surface area contributed by atoms with E-state index in [4.69, 9.17) is 15.2 Å². The van der Waals surface area contributed by atoms with Gasteiger partial charge in [0.2, 0.25) is 0 Å². The molecular formula is C21H25NO2. The standard InChI is InChI=1S/C21H25NO2/c1-23-19-12-14-8-9-18(22)16-10-15(13-6-4-3-5-7-13)11-17(20(14)16)21(19)24-2/h3-7,12,15-16,18H,8-11,22H2,1-2H3/t15-,16-,18-/m0/s1. The maximum absolute atomic E-state index is 6.54. The van der Waals surface area contributed by atoms with Crippen molar-refractivity contribution >= 4 is 0 Å². The van der Waals surface area contributed by atoms with E-state index in [-0.39, 0.29) is 6.04 Å². The van der Waals surface area contributed by atoms with Gasteiger partial charge in [-0.05, 0) is 54.4 Å². The van der Waals surface area contributed by atoms with Crippen molar-refractivity contribution in [2.75, 3.05) is 14.2 Å². The molecule has 3 atom stereocenters. The molecule has 0 amide bonds. The number of benzene rings is 2. The molecule has 4 rings (SSSR count). The van der Waals surface area contributed by atoms with E-state index in [1.54, 1.807) is 14.2 Å². The van der Waals surface area contributed by atoms with Crippen LogP contribution in [-0.2, 0) is 12.8 Å². The van der Waals surface area contributed by atoms with Gasteiger partial charge in [0.15, 0.2) is 11.5 Å². The van der Waals surface area contributed by atoms with E-state index in [2.05, 4.69) is 36.4 Å². The predicted molar refractivity (Wildman–Crippen MR) is 96.1 cm³/mol. The van der Waals surface area contributed by atoms with Gasteiger partial charge >= 0.3 is 0 Å². The van der Waals surface area contributed by atoms with E-state index in [0.717, 1.165) is 37.2 Å². The maximum atomic E-state index is 6.54. The highest BCUT2D eigenvalue weighted by molar-refractivity contribution is 5.58. The third-order valence-electron chi connectivity index (χ3n) is 5.79. The zero-order valence-electron chi connectivity index (χ0n) is 14.4. The molecule has 0 spiro atoms. The molecule has 0 aliphatic heterocycles. The van der Waals surface area contributed by atoms with Gasteiger partial charge < -0.3 is 15.2 Å². The summed E-state index contributed by atoms with van der Waals surface area (Å²) in [4.78, 5) is 0. The Morgan fingerprint density at radius 1 is 1.08 bits per heavy atom. The molecule has 0 saturated carbocycles. The average molecular weight is 323 g/mol. The van der Waals surface area contributed by atoms with Crippen molar-refractivity contribution in [1.29, 1.82) is 0 Å². The van der Waals surface area contributed by atoms with E-state index in [0.29, 0.717) is 11.8 Å². The monoisotopic (exact) mass is 323 g/mol. The number of nitrogens with two attached hydrogens (primary N) is 1. The average Bonchev–Trinajstić information content (AvgIpc) is 2.64. The van der Waals surface area contributed by atoms with Crippen molar-refractivity contribution in [3.05, 3.63) is 58.7 Å². The minimum absolute atomic E-state index is 0.237. The number of aryl methyl sites for hydroxylation is 1. The molecule has 0 saturated heterocycles. The summed E-state index contributed by atoms with van der Waals surface area (Å²) in [6.07, 6.45) is 4.21. The van der Waals surface area contributed by atoms with Crippen LogP contribution in [0.15, 0.2) is 36.4 Å². The number of hydrogen-bond acceptors (Lipinski definition) is 3. The summed E-state index contributed by atoms with van der Waals surface area (Å²) in [6, 6.07) is 13.2. The van der Waals surface area contributed by atoms with Crippen molar-refractivity contribution in [3.63, 3.8) is 0 Å². The highest BCUT2D eigenvalue weighted by Crippen LogP contribution is 2.51. The molecule has 0 aromatic heterocycles. The van der Waals surface area contributed by atoms with Gasteiger partial charge in [-0.3, -0.25) is 0 Å². The van der Waals surface area contributed by atoms with E-state index in [1.807, 2.05) is 0 Å². The van der Waals surface area contributed by atoms with Gasteiger partial charge in [-0.25, -0.2) is 0 Å². The molecule has 2 aliphatic carbocycles. The Bertz CT molecular complexity index is 741. The van der Waals surface area contributed by atoms with Crippen LogP contribution >= 0.6 is 0 Å². The lowest BCUT2D eigenvalue weighted by Gasteiger charge is -2.40. The molecule has 0 unspecified atom stereocenters.